The minimum atomic E-state index is -0.366. The van der Waals surface area contributed by atoms with Crippen molar-refractivity contribution in [3.8, 4) is 11.6 Å². The standard InChI is InChI=1S/C21H27FN4O2.HI/c1-15(28-19-6-4-3-5-18(19)22)12-25-21(23-2)26-13-17-9-10-24-20(11-17)27-14-16-7-8-16;/h3-6,9-11,15-16H,7-8,12-14H2,1-2H3,(H2,23,25,26);1H. The quantitative estimate of drug-likeness (QED) is 0.303. The number of aromatic nitrogens is 1. The molecule has 0 radical (unpaired) electrons. The number of nitrogens with one attached hydrogen (secondary N) is 2. The van der Waals surface area contributed by atoms with Crippen molar-refractivity contribution in [3.05, 3.63) is 54.0 Å². The third-order valence-electron chi connectivity index (χ3n) is 4.37. The van der Waals surface area contributed by atoms with Crippen molar-refractivity contribution in [2.24, 2.45) is 10.9 Å². The van der Waals surface area contributed by atoms with E-state index >= 15 is 0 Å². The molecule has 2 N–H and O–H groups in total. The number of halogens is 2. The Morgan fingerprint density at radius 3 is 2.79 bits per heavy atom. The Kier molecular flexibility index (Phi) is 9.43. The van der Waals surface area contributed by atoms with Crippen LogP contribution in [-0.2, 0) is 6.54 Å². The maximum Gasteiger partial charge on any atom is 0.213 e. The van der Waals surface area contributed by atoms with Gasteiger partial charge >= 0.3 is 0 Å². The van der Waals surface area contributed by atoms with Gasteiger partial charge in [0.1, 0.15) is 6.10 Å². The van der Waals surface area contributed by atoms with E-state index in [0.29, 0.717) is 30.8 Å². The van der Waals surface area contributed by atoms with Crippen LogP contribution < -0.4 is 20.1 Å². The van der Waals surface area contributed by atoms with Crippen LogP contribution in [0.2, 0.25) is 0 Å². The van der Waals surface area contributed by atoms with E-state index in [0.717, 1.165) is 12.2 Å². The minimum absolute atomic E-state index is 0. The molecule has 0 spiro atoms. The molecule has 1 aromatic heterocycles. The predicted octanol–water partition coefficient (Wildman–Crippen LogP) is 3.76. The van der Waals surface area contributed by atoms with E-state index in [-0.39, 0.29) is 41.6 Å². The number of hydrogen-bond acceptors (Lipinski definition) is 4. The highest BCUT2D eigenvalue weighted by atomic mass is 127. The van der Waals surface area contributed by atoms with Crippen LogP contribution in [0.25, 0.3) is 0 Å². The SMILES string of the molecule is CN=C(NCc1ccnc(OCC2CC2)c1)NCC(C)Oc1ccccc1F.I. The third-order valence-corrected chi connectivity index (χ3v) is 4.37. The van der Waals surface area contributed by atoms with E-state index in [1.54, 1.807) is 31.4 Å². The molecule has 158 valence electrons. The molecule has 0 amide bonds. The Hall–Kier alpha value is -2.10. The van der Waals surface area contributed by atoms with E-state index < -0.39 is 0 Å². The zero-order valence-corrected chi connectivity index (χ0v) is 19.1. The van der Waals surface area contributed by atoms with Gasteiger partial charge in [-0.3, -0.25) is 4.99 Å². The molecule has 1 saturated carbocycles. The largest absolute Gasteiger partial charge is 0.486 e. The van der Waals surface area contributed by atoms with Crippen LogP contribution >= 0.6 is 24.0 Å². The molecule has 0 saturated heterocycles. The van der Waals surface area contributed by atoms with Gasteiger partial charge in [0.2, 0.25) is 5.88 Å². The lowest BCUT2D eigenvalue weighted by Crippen LogP contribution is -2.41. The van der Waals surface area contributed by atoms with Gasteiger partial charge in [0.15, 0.2) is 17.5 Å². The third kappa shape index (κ3) is 8.04. The highest BCUT2D eigenvalue weighted by Crippen LogP contribution is 2.29. The summed E-state index contributed by atoms with van der Waals surface area (Å²) in [4.78, 5) is 8.46. The minimum Gasteiger partial charge on any atom is -0.486 e. The molecule has 1 heterocycles. The summed E-state index contributed by atoms with van der Waals surface area (Å²) < 4.78 is 25.0. The maximum atomic E-state index is 13.7. The fourth-order valence-corrected chi connectivity index (χ4v) is 2.57. The Morgan fingerprint density at radius 1 is 1.28 bits per heavy atom. The number of guanidine groups is 1. The van der Waals surface area contributed by atoms with E-state index in [1.807, 2.05) is 19.1 Å². The predicted molar refractivity (Wildman–Crippen MR) is 123 cm³/mol. The molecule has 1 fully saturated rings. The van der Waals surface area contributed by atoms with Gasteiger partial charge in [0, 0.05) is 25.9 Å². The molecule has 6 nitrogen and oxygen atoms in total. The second-order valence-corrected chi connectivity index (χ2v) is 6.92. The van der Waals surface area contributed by atoms with Gasteiger partial charge < -0.3 is 20.1 Å². The van der Waals surface area contributed by atoms with Crippen molar-refractivity contribution in [3.63, 3.8) is 0 Å². The van der Waals surface area contributed by atoms with E-state index in [2.05, 4.69) is 20.6 Å². The molecule has 1 aliphatic carbocycles. The number of hydrogen-bond donors (Lipinski definition) is 2. The van der Waals surface area contributed by atoms with Crippen molar-refractivity contribution in [2.45, 2.75) is 32.4 Å². The highest BCUT2D eigenvalue weighted by Gasteiger charge is 2.22. The lowest BCUT2D eigenvalue weighted by molar-refractivity contribution is 0.214. The molecule has 29 heavy (non-hydrogen) atoms. The number of benzene rings is 1. The van der Waals surface area contributed by atoms with Crippen molar-refractivity contribution in [1.29, 1.82) is 0 Å². The van der Waals surface area contributed by atoms with E-state index in [1.165, 1.54) is 18.9 Å². The first-order valence-corrected chi connectivity index (χ1v) is 9.57. The first-order valence-electron chi connectivity index (χ1n) is 9.57. The summed E-state index contributed by atoms with van der Waals surface area (Å²) in [6.07, 6.45) is 4.03. The Bertz CT molecular complexity index is 802. The number of aliphatic imine (C=N–C) groups is 1. The van der Waals surface area contributed by atoms with E-state index in [9.17, 15) is 4.39 Å². The first-order chi connectivity index (χ1) is 13.6. The summed E-state index contributed by atoms with van der Waals surface area (Å²) in [7, 11) is 1.70. The normalized spacial score (nSPS) is 14.5. The van der Waals surface area contributed by atoms with Gasteiger partial charge in [-0.15, -0.1) is 24.0 Å². The summed E-state index contributed by atoms with van der Waals surface area (Å²) in [5, 5.41) is 6.43. The monoisotopic (exact) mass is 514 g/mol. The van der Waals surface area contributed by atoms with Crippen LogP contribution in [0, 0.1) is 11.7 Å². The summed E-state index contributed by atoms with van der Waals surface area (Å²) in [5.74, 6) is 1.87. The zero-order chi connectivity index (χ0) is 19.8. The average molecular weight is 514 g/mol. The smallest absolute Gasteiger partial charge is 0.213 e. The Morgan fingerprint density at radius 2 is 2.07 bits per heavy atom. The van der Waals surface area contributed by atoms with Gasteiger partial charge in [-0.1, -0.05) is 12.1 Å². The molecule has 8 heteroatoms. The number of para-hydroxylation sites is 1. The lowest BCUT2D eigenvalue weighted by Gasteiger charge is -2.18. The van der Waals surface area contributed by atoms with Crippen molar-refractivity contribution < 1.29 is 13.9 Å². The molecule has 1 aromatic carbocycles. The van der Waals surface area contributed by atoms with Crippen LogP contribution in [-0.4, -0.2) is 37.2 Å². The number of pyridine rings is 1. The number of rotatable bonds is 9. The summed E-state index contributed by atoms with van der Waals surface area (Å²) >= 11 is 0. The van der Waals surface area contributed by atoms with Crippen molar-refractivity contribution in [1.82, 2.24) is 15.6 Å². The molecule has 0 aliphatic heterocycles. The van der Waals surface area contributed by atoms with E-state index in [4.69, 9.17) is 9.47 Å². The average Bonchev–Trinajstić information content (AvgIpc) is 3.53. The fourth-order valence-electron chi connectivity index (χ4n) is 2.57. The zero-order valence-electron chi connectivity index (χ0n) is 16.7. The second-order valence-electron chi connectivity index (χ2n) is 6.92. The van der Waals surface area contributed by atoms with Gasteiger partial charge in [-0.2, -0.15) is 0 Å². The van der Waals surface area contributed by atoms with Crippen LogP contribution in [0.4, 0.5) is 4.39 Å². The summed E-state index contributed by atoms with van der Waals surface area (Å²) in [6.45, 7) is 3.69. The number of ether oxygens (including phenoxy) is 2. The van der Waals surface area contributed by atoms with Gasteiger partial charge in [-0.05, 0) is 49.4 Å². The van der Waals surface area contributed by atoms with Crippen molar-refractivity contribution >= 4 is 29.9 Å². The molecule has 2 aromatic rings. The first kappa shape index (κ1) is 23.2. The molecular weight excluding hydrogens is 486 g/mol. The van der Waals surface area contributed by atoms with Gasteiger partial charge in [0.05, 0.1) is 13.2 Å². The lowest BCUT2D eigenvalue weighted by atomic mass is 10.2. The molecular formula is C21H28FIN4O2. The molecule has 0 bridgehead atoms. The molecule has 1 unspecified atom stereocenters. The van der Waals surface area contributed by atoms with Crippen molar-refractivity contribution in [2.75, 3.05) is 20.2 Å². The maximum absolute atomic E-state index is 13.7. The number of nitrogens with zero attached hydrogens (tertiary/aromatic N) is 2. The molecule has 3 rings (SSSR count). The Labute approximate surface area is 188 Å². The van der Waals surface area contributed by atoms with Gasteiger partial charge in [0.25, 0.3) is 0 Å². The second kappa shape index (κ2) is 11.8. The Balaban J connectivity index is 0.00000300. The van der Waals surface area contributed by atoms with Crippen LogP contribution in [0.5, 0.6) is 11.6 Å². The molecule has 1 atom stereocenters. The fraction of sp³-hybridized carbons (Fsp3) is 0.429. The van der Waals surface area contributed by atoms with Crippen LogP contribution in [0.3, 0.4) is 0 Å². The molecule has 1 aliphatic rings. The topological polar surface area (TPSA) is 67.8 Å². The van der Waals surface area contributed by atoms with Crippen LogP contribution in [0.15, 0.2) is 47.6 Å². The summed E-state index contributed by atoms with van der Waals surface area (Å²) in [5.41, 5.74) is 1.06. The highest BCUT2D eigenvalue weighted by molar-refractivity contribution is 14.0. The van der Waals surface area contributed by atoms with Gasteiger partial charge in [-0.25, -0.2) is 9.37 Å². The summed E-state index contributed by atoms with van der Waals surface area (Å²) in [6, 6.07) is 10.3. The van der Waals surface area contributed by atoms with Crippen LogP contribution in [0.1, 0.15) is 25.3 Å².